The van der Waals surface area contributed by atoms with Gasteiger partial charge in [-0.1, -0.05) is 12.8 Å². The van der Waals surface area contributed by atoms with Crippen LogP contribution in [0.1, 0.15) is 39.0 Å². The molecule has 0 radical (unpaired) electrons. The van der Waals surface area contributed by atoms with E-state index in [0.717, 1.165) is 6.42 Å². The molecule has 4 nitrogen and oxygen atoms in total. The standard InChI is InChI=1S/C14H21NO3/c1-3-9-15(10-4-2)13(16)11-5-7-12(8-6-11)14(17)18/h1,11-12H,4-10H2,2H3,(H,17,18). The normalized spacial score (nSPS) is 23.1. The Labute approximate surface area is 108 Å². The van der Waals surface area contributed by atoms with Gasteiger partial charge < -0.3 is 10.0 Å². The number of aliphatic carboxylic acids is 1. The third kappa shape index (κ3) is 3.76. The van der Waals surface area contributed by atoms with E-state index < -0.39 is 5.97 Å². The molecule has 0 aliphatic heterocycles. The lowest BCUT2D eigenvalue weighted by molar-refractivity contribution is -0.145. The molecule has 0 heterocycles. The first-order valence-corrected chi connectivity index (χ1v) is 6.55. The number of carboxylic acids is 1. The number of terminal acetylenes is 1. The topological polar surface area (TPSA) is 57.6 Å². The fourth-order valence-corrected chi connectivity index (χ4v) is 2.49. The highest BCUT2D eigenvalue weighted by molar-refractivity contribution is 5.79. The van der Waals surface area contributed by atoms with Crippen molar-refractivity contribution in [1.29, 1.82) is 0 Å². The second kappa shape index (κ2) is 7.05. The van der Waals surface area contributed by atoms with Crippen molar-refractivity contribution in [3.8, 4) is 12.3 Å². The fraction of sp³-hybridized carbons (Fsp3) is 0.714. The van der Waals surface area contributed by atoms with Crippen molar-refractivity contribution in [3.05, 3.63) is 0 Å². The Morgan fingerprint density at radius 3 is 2.28 bits per heavy atom. The first kappa shape index (κ1) is 14.6. The minimum atomic E-state index is -0.741. The SMILES string of the molecule is C#CCN(CCC)C(=O)C1CCC(C(=O)O)CC1. The zero-order valence-electron chi connectivity index (χ0n) is 10.9. The van der Waals surface area contributed by atoms with Gasteiger partial charge in [-0.2, -0.15) is 0 Å². The van der Waals surface area contributed by atoms with Crippen molar-refractivity contribution in [3.63, 3.8) is 0 Å². The van der Waals surface area contributed by atoms with Crippen LogP contribution in [0.5, 0.6) is 0 Å². The Kier molecular flexibility index (Phi) is 5.70. The van der Waals surface area contributed by atoms with Crippen LogP contribution in [0.25, 0.3) is 0 Å². The Morgan fingerprint density at radius 2 is 1.83 bits per heavy atom. The van der Waals surface area contributed by atoms with E-state index in [4.69, 9.17) is 11.5 Å². The molecule has 1 N–H and O–H groups in total. The van der Waals surface area contributed by atoms with Gasteiger partial charge >= 0.3 is 5.97 Å². The van der Waals surface area contributed by atoms with Crippen LogP contribution in [0.2, 0.25) is 0 Å². The zero-order valence-corrected chi connectivity index (χ0v) is 10.9. The molecule has 1 saturated carbocycles. The average Bonchev–Trinajstić information content (AvgIpc) is 2.38. The van der Waals surface area contributed by atoms with Crippen molar-refractivity contribution in [2.75, 3.05) is 13.1 Å². The number of hydrogen-bond donors (Lipinski definition) is 1. The van der Waals surface area contributed by atoms with E-state index in [2.05, 4.69) is 5.92 Å². The fourth-order valence-electron chi connectivity index (χ4n) is 2.49. The summed E-state index contributed by atoms with van der Waals surface area (Å²) in [6.45, 7) is 3.05. The summed E-state index contributed by atoms with van der Waals surface area (Å²) < 4.78 is 0. The molecule has 1 aliphatic carbocycles. The molecule has 100 valence electrons. The maximum absolute atomic E-state index is 12.2. The number of carbonyl (C=O) groups excluding carboxylic acids is 1. The van der Waals surface area contributed by atoms with Crippen molar-refractivity contribution in [2.24, 2.45) is 11.8 Å². The molecule has 1 rings (SSSR count). The van der Waals surface area contributed by atoms with Gasteiger partial charge in [0.25, 0.3) is 0 Å². The van der Waals surface area contributed by atoms with Gasteiger partial charge in [-0.25, -0.2) is 0 Å². The molecule has 0 aromatic heterocycles. The monoisotopic (exact) mass is 251 g/mol. The van der Waals surface area contributed by atoms with Crippen molar-refractivity contribution < 1.29 is 14.7 Å². The van der Waals surface area contributed by atoms with Gasteiger partial charge in [-0.3, -0.25) is 9.59 Å². The molecule has 1 aliphatic rings. The number of rotatable bonds is 5. The number of nitrogens with zero attached hydrogens (tertiary/aromatic N) is 1. The molecule has 1 fully saturated rings. The number of hydrogen-bond acceptors (Lipinski definition) is 2. The van der Waals surface area contributed by atoms with Crippen LogP contribution in [0.4, 0.5) is 0 Å². The highest BCUT2D eigenvalue weighted by atomic mass is 16.4. The quantitative estimate of drug-likeness (QED) is 0.757. The molecule has 18 heavy (non-hydrogen) atoms. The summed E-state index contributed by atoms with van der Waals surface area (Å²) in [5.41, 5.74) is 0. The molecular weight excluding hydrogens is 230 g/mol. The van der Waals surface area contributed by atoms with E-state index in [1.54, 1.807) is 4.90 Å². The van der Waals surface area contributed by atoms with Crippen molar-refractivity contribution in [1.82, 2.24) is 4.90 Å². The number of carboxylic acid groups (broad SMARTS) is 1. The van der Waals surface area contributed by atoms with Crippen LogP contribution in [-0.4, -0.2) is 35.0 Å². The number of carbonyl (C=O) groups is 2. The molecule has 0 spiro atoms. The van der Waals surface area contributed by atoms with Crippen molar-refractivity contribution in [2.45, 2.75) is 39.0 Å². The van der Waals surface area contributed by atoms with Crippen LogP contribution in [-0.2, 0) is 9.59 Å². The van der Waals surface area contributed by atoms with Crippen LogP contribution >= 0.6 is 0 Å². The van der Waals surface area contributed by atoms with Gasteiger partial charge in [-0.05, 0) is 32.1 Å². The molecule has 0 aromatic carbocycles. The van der Waals surface area contributed by atoms with E-state index in [9.17, 15) is 9.59 Å². The first-order valence-electron chi connectivity index (χ1n) is 6.55. The first-order chi connectivity index (χ1) is 8.60. The maximum atomic E-state index is 12.2. The molecular formula is C14H21NO3. The molecule has 0 saturated heterocycles. The lowest BCUT2D eigenvalue weighted by Crippen LogP contribution is -2.39. The zero-order chi connectivity index (χ0) is 13.5. The third-order valence-electron chi connectivity index (χ3n) is 3.51. The lowest BCUT2D eigenvalue weighted by Gasteiger charge is -2.30. The third-order valence-corrected chi connectivity index (χ3v) is 3.51. The van der Waals surface area contributed by atoms with E-state index >= 15 is 0 Å². The second-order valence-corrected chi connectivity index (χ2v) is 4.85. The molecule has 0 aromatic rings. The molecule has 0 atom stereocenters. The van der Waals surface area contributed by atoms with Crippen LogP contribution in [0, 0.1) is 24.2 Å². The summed E-state index contributed by atoms with van der Waals surface area (Å²) in [6.07, 6.45) is 8.69. The van der Waals surface area contributed by atoms with E-state index in [-0.39, 0.29) is 17.7 Å². The highest BCUT2D eigenvalue weighted by Crippen LogP contribution is 2.30. The Hall–Kier alpha value is -1.50. The predicted molar refractivity (Wildman–Crippen MR) is 68.8 cm³/mol. The Balaban J connectivity index is 2.52. The van der Waals surface area contributed by atoms with E-state index in [1.165, 1.54) is 0 Å². The van der Waals surface area contributed by atoms with Gasteiger partial charge in [0.1, 0.15) is 0 Å². The Morgan fingerprint density at radius 1 is 1.28 bits per heavy atom. The summed E-state index contributed by atoms with van der Waals surface area (Å²) >= 11 is 0. The Bertz CT molecular complexity index is 337. The summed E-state index contributed by atoms with van der Waals surface area (Å²) in [5.74, 6) is 1.55. The van der Waals surface area contributed by atoms with Gasteiger partial charge in [0.05, 0.1) is 12.5 Å². The summed E-state index contributed by atoms with van der Waals surface area (Å²) in [7, 11) is 0. The minimum Gasteiger partial charge on any atom is -0.481 e. The largest absolute Gasteiger partial charge is 0.481 e. The van der Waals surface area contributed by atoms with Crippen molar-refractivity contribution >= 4 is 11.9 Å². The highest BCUT2D eigenvalue weighted by Gasteiger charge is 2.31. The van der Waals surface area contributed by atoms with Crippen LogP contribution < -0.4 is 0 Å². The van der Waals surface area contributed by atoms with Gasteiger partial charge in [0.2, 0.25) is 5.91 Å². The smallest absolute Gasteiger partial charge is 0.306 e. The van der Waals surface area contributed by atoms with E-state index in [0.29, 0.717) is 38.8 Å². The lowest BCUT2D eigenvalue weighted by atomic mass is 9.81. The minimum absolute atomic E-state index is 0.0412. The van der Waals surface area contributed by atoms with Crippen LogP contribution in [0.3, 0.4) is 0 Å². The molecule has 0 unspecified atom stereocenters. The molecule has 1 amide bonds. The average molecular weight is 251 g/mol. The van der Waals surface area contributed by atoms with Gasteiger partial charge in [0.15, 0.2) is 0 Å². The van der Waals surface area contributed by atoms with E-state index in [1.807, 2.05) is 6.92 Å². The summed E-state index contributed by atoms with van der Waals surface area (Å²) in [6, 6.07) is 0. The summed E-state index contributed by atoms with van der Waals surface area (Å²) in [4.78, 5) is 24.8. The van der Waals surface area contributed by atoms with Gasteiger partial charge in [-0.15, -0.1) is 6.42 Å². The maximum Gasteiger partial charge on any atom is 0.306 e. The molecule has 4 heteroatoms. The number of amides is 1. The van der Waals surface area contributed by atoms with Gasteiger partial charge in [0, 0.05) is 12.5 Å². The van der Waals surface area contributed by atoms with Crippen LogP contribution in [0.15, 0.2) is 0 Å². The summed E-state index contributed by atoms with van der Waals surface area (Å²) in [5, 5.41) is 8.92. The predicted octanol–water partition coefficient (Wildman–Crippen LogP) is 1.75. The molecule has 0 bridgehead atoms. The second-order valence-electron chi connectivity index (χ2n) is 4.85.